The third-order valence-corrected chi connectivity index (χ3v) is 3.44. The summed E-state index contributed by atoms with van der Waals surface area (Å²) in [6, 6.07) is 6.29. The van der Waals surface area contributed by atoms with Crippen molar-refractivity contribution in [1.29, 1.82) is 0 Å². The average molecular weight is 362 g/mol. The highest BCUT2D eigenvalue weighted by Crippen LogP contribution is 2.04. The van der Waals surface area contributed by atoms with Crippen LogP contribution in [0.1, 0.15) is 31.4 Å². The molecule has 0 unspecified atom stereocenters. The molecule has 0 aliphatic rings. The van der Waals surface area contributed by atoms with Gasteiger partial charge in [0, 0.05) is 18.6 Å². The van der Waals surface area contributed by atoms with Gasteiger partial charge in [0.25, 0.3) is 17.2 Å². The first kappa shape index (κ1) is 18.9. The number of para-hydroxylation sites is 2. The van der Waals surface area contributed by atoms with Crippen molar-refractivity contribution < 1.29 is 28.9 Å². The van der Waals surface area contributed by atoms with E-state index < -0.39 is 12.1 Å². The topological polar surface area (TPSA) is 142 Å². The molecule has 1 amide bonds. The summed E-state index contributed by atoms with van der Waals surface area (Å²) in [6.45, 7) is 0.124. The molecule has 0 spiro atoms. The number of hydrogen-bond acceptors (Lipinski definition) is 6. The van der Waals surface area contributed by atoms with E-state index in [-0.39, 0.29) is 29.8 Å². The number of amides is 1. The number of hydrogen-bond donors (Lipinski definition) is 2. The molecule has 1 aromatic heterocycles. The summed E-state index contributed by atoms with van der Waals surface area (Å²) in [4.78, 5) is 21.8. The molecule has 138 valence electrons. The Morgan fingerprint density at radius 2 is 1.92 bits per heavy atom. The van der Waals surface area contributed by atoms with Gasteiger partial charge in [-0.1, -0.05) is 12.1 Å². The van der Waals surface area contributed by atoms with Gasteiger partial charge in [-0.3, -0.25) is 4.79 Å². The Balaban J connectivity index is 1.83. The van der Waals surface area contributed by atoms with E-state index >= 15 is 0 Å². The number of nitrogens with one attached hydrogen (secondary N) is 1. The number of aromatic nitrogens is 2. The zero-order valence-corrected chi connectivity index (χ0v) is 13.8. The summed E-state index contributed by atoms with van der Waals surface area (Å²) in [5.41, 5.74) is 2.43. The van der Waals surface area contributed by atoms with Crippen LogP contribution in [0.4, 0.5) is 4.79 Å². The van der Waals surface area contributed by atoms with E-state index in [0.29, 0.717) is 28.7 Å². The number of benzene rings is 1. The van der Waals surface area contributed by atoms with Crippen molar-refractivity contribution in [2.24, 2.45) is 5.10 Å². The first-order chi connectivity index (χ1) is 12.5. The van der Waals surface area contributed by atoms with Crippen LogP contribution >= 0.6 is 0 Å². The standard InChI is InChI=1S/C16H18N4O6/c21-15(22)8-2-1-5-9-26-16(23)18-17-10-12-11-19(24)13-6-3-4-7-14(13)20(12)25/h3-4,6-7,10-11H,1-2,5,8-9H2,(H,18,23)(H,21,22)/b17-10+. The van der Waals surface area contributed by atoms with E-state index in [0.717, 1.165) is 12.4 Å². The number of fused-ring (bicyclic) bond motifs is 1. The van der Waals surface area contributed by atoms with Crippen LogP contribution in [0.3, 0.4) is 0 Å². The quantitative estimate of drug-likeness (QED) is 0.234. The predicted molar refractivity (Wildman–Crippen MR) is 90.0 cm³/mol. The molecule has 1 heterocycles. The van der Waals surface area contributed by atoms with E-state index in [1.807, 2.05) is 0 Å². The second kappa shape index (κ2) is 9.16. The van der Waals surface area contributed by atoms with Crippen molar-refractivity contribution in [2.45, 2.75) is 25.7 Å². The fraction of sp³-hybridized carbons (Fsp3) is 0.312. The lowest BCUT2D eigenvalue weighted by atomic mass is 10.2. The van der Waals surface area contributed by atoms with Gasteiger partial charge in [0.05, 0.1) is 6.61 Å². The largest absolute Gasteiger partial charge is 0.618 e. The number of rotatable bonds is 8. The van der Waals surface area contributed by atoms with Crippen LogP contribution in [0.25, 0.3) is 11.0 Å². The van der Waals surface area contributed by atoms with Crippen molar-refractivity contribution >= 4 is 29.3 Å². The van der Waals surface area contributed by atoms with Gasteiger partial charge in [0.1, 0.15) is 6.21 Å². The minimum atomic E-state index is -0.860. The van der Waals surface area contributed by atoms with Crippen molar-refractivity contribution in [3.05, 3.63) is 46.6 Å². The van der Waals surface area contributed by atoms with E-state index in [4.69, 9.17) is 9.84 Å². The minimum absolute atomic E-state index is 0.0485. The molecule has 10 heteroatoms. The van der Waals surface area contributed by atoms with Gasteiger partial charge in [0.15, 0.2) is 0 Å². The highest BCUT2D eigenvalue weighted by Gasteiger charge is 2.17. The van der Waals surface area contributed by atoms with Crippen LogP contribution < -0.4 is 14.9 Å². The summed E-state index contributed by atoms with van der Waals surface area (Å²) in [6.07, 6.45) is 3.03. The number of carbonyl (C=O) groups excluding carboxylic acids is 1. The van der Waals surface area contributed by atoms with E-state index in [1.165, 1.54) is 12.1 Å². The average Bonchev–Trinajstić information content (AvgIpc) is 2.62. The highest BCUT2D eigenvalue weighted by molar-refractivity contribution is 5.78. The molecular weight excluding hydrogens is 344 g/mol. The van der Waals surface area contributed by atoms with Crippen LogP contribution in [-0.2, 0) is 9.53 Å². The molecule has 2 N–H and O–H groups in total. The first-order valence-electron chi connectivity index (χ1n) is 7.91. The first-order valence-corrected chi connectivity index (χ1v) is 7.91. The molecule has 0 bridgehead atoms. The normalized spacial score (nSPS) is 10.9. The molecule has 0 aliphatic heterocycles. The summed E-state index contributed by atoms with van der Waals surface area (Å²) in [5, 5.41) is 36.1. The molecule has 1 aromatic carbocycles. The van der Waals surface area contributed by atoms with Crippen LogP contribution in [0.5, 0.6) is 0 Å². The Labute approximate surface area is 148 Å². The molecule has 2 rings (SSSR count). The summed E-state index contributed by atoms with van der Waals surface area (Å²) >= 11 is 0. The van der Waals surface area contributed by atoms with Crippen LogP contribution in [-0.4, -0.2) is 30.0 Å². The Morgan fingerprint density at radius 1 is 1.19 bits per heavy atom. The maximum absolute atomic E-state index is 12.2. The molecule has 0 saturated carbocycles. The lowest BCUT2D eigenvalue weighted by Gasteiger charge is -2.05. The van der Waals surface area contributed by atoms with Gasteiger partial charge in [-0.2, -0.15) is 14.6 Å². The monoisotopic (exact) mass is 362 g/mol. The number of carboxylic acid groups (broad SMARTS) is 1. The van der Waals surface area contributed by atoms with Crippen molar-refractivity contribution in [3.63, 3.8) is 0 Å². The molecule has 0 radical (unpaired) electrons. The summed E-state index contributed by atoms with van der Waals surface area (Å²) in [5.74, 6) is -0.860. The Kier molecular flexibility index (Phi) is 6.66. The Hall–Kier alpha value is -3.43. The van der Waals surface area contributed by atoms with Crippen LogP contribution in [0.2, 0.25) is 0 Å². The van der Waals surface area contributed by atoms with Gasteiger partial charge in [-0.05, 0) is 19.3 Å². The molecular formula is C16H18N4O6. The zero-order valence-electron chi connectivity index (χ0n) is 13.8. The lowest BCUT2D eigenvalue weighted by Crippen LogP contribution is -2.41. The maximum atomic E-state index is 12.2. The Morgan fingerprint density at radius 3 is 2.65 bits per heavy atom. The van der Waals surface area contributed by atoms with Gasteiger partial charge in [-0.15, -0.1) is 0 Å². The van der Waals surface area contributed by atoms with Crippen molar-refractivity contribution in [3.8, 4) is 0 Å². The van der Waals surface area contributed by atoms with Crippen molar-refractivity contribution in [1.82, 2.24) is 5.43 Å². The second-order valence-corrected chi connectivity index (χ2v) is 5.37. The predicted octanol–water partition coefficient (Wildman–Crippen LogP) is 0.812. The molecule has 10 nitrogen and oxygen atoms in total. The number of ether oxygens (including phenoxy) is 1. The summed E-state index contributed by atoms with van der Waals surface area (Å²) < 4.78 is 5.92. The molecule has 0 fully saturated rings. The fourth-order valence-corrected chi connectivity index (χ4v) is 2.19. The number of unbranched alkanes of at least 4 members (excludes halogenated alkanes) is 2. The van der Waals surface area contributed by atoms with Gasteiger partial charge in [-0.25, -0.2) is 10.2 Å². The fourth-order valence-electron chi connectivity index (χ4n) is 2.19. The smallest absolute Gasteiger partial charge is 0.427 e. The molecule has 0 aliphatic carbocycles. The summed E-state index contributed by atoms with van der Waals surface area (Å²) in [7, 11) is 0. The number of carbonyl (C=O) groups is 2. The molecule has 0 saturated heterocycles. The minimum Gasteiger partial charge on any atom is -0.618 e. The molecule has 26 heavy (non-hydrogen) atoms. The lowest BCUT2D eigenvalue weighted by molar-refractivity contribution is -0.629. The highest BCUT2D eigenvalue weighted by atomic mass is 16.6. The van der Waals surface area contributed by atoms with E-state index in [9.17, 15) is 20.0 Å². The van der Waals surface area contributed by atoms with E-state index in [1.54, 1.807) is 12.1 Å². The van der Waals surface area contributed by atoms with Gasteiger partial charge in [0.2, 0.25) is 0 Å². The number of nitrogens with zero attached hydrogens (tertiary/aromatic N) is 3. The third-order valence-electron chi connectivity index (χ3n) is 3.44. The SMILES string of the molecule is O=C(O)CCCCCOC(=O)N/N=C/c1c[n+]([O-])c2ccccc2[n+]1[O-]. The third kappa shape index (κ3) is 5.30. The maximum Gasteiger partial charge on any atom is 0.427 e. The second-order valence-electron chi connectivity index (χ2n) is 5.37. The number of hydrazone groups is 1. The number of carboxylic acids is 1. The number of aliphatic carboxylic acids is 1. The Bertz CT molecular complexity index is 824. The van der Waals surface area contributed by atoms with Gasteiger partial charge >= 0.3 is 17.8 Å². The molecule has 0 atom stereocenters. The zero-order chi connectivity index (χ0) is 18.9. The van der Waals surface area contributed by atoms with Gasteiger partial charge < -0.3 is 20.3 Å². The molecule has 2 aromatic rings. The van der Waals surface area contributed by atoms with Crippen LogP contribution in [0, 0.1) is 10.4 Å². The van der Waals surface area contributed by atoms with Crippen molar-refractivity contribution in [2.75, 3.05) is 6.61 Å². The van der Waals surface area contributed by atoms with Crippen LogP contribution in [0.15, 0.2) is 35.6 Å². The van der Waals surface area contributed by atoms with E-state index in [2.05, 4.69) is 10.5 Å².